The van der Waals surface area contributed by atoms with Crippen LogP contribution >= 0.6 is 0 Å². The third kappa shape index (κ3) is 4.10. The molecule has 1 heterocycles. The molecule has 6 heteroatoms. The third-order valence-electron chi connectivity index (χ3n) is 2.04. The molecule has 1 aromatic heterocycles. The van der Waals surface area contributed by atoms with E-state index in [1.165, 1.54) is 14.0 Å². The molecule has 2 N–H and O–H groups in total. The Bertz CT molecular complexity index is 423. The molecule has 0 saturated carbocycles. The molecule has 0 radical (unpaired) electrons. The van der Waals surface area contributed by atoms with Gasteiger partial charge < -0.3 is 10.1 Å². The molecule has 0 aromatic carbocycles. The van der Waals surface area contributed by atoms with Gasteiger partial charge in [-0.05, 0) is 6.42 Å². The van der Waals surface area contributed by atoms with Crippen LogP contribution in [0.2, 0.25) is 0 Å². The molecule has 1 amide bonds. The lowest BCUT2D eigenvalue weighted by Gasteiger charge is -1.97. The van der Waals surface area contributed by atoms with Gasteiger partial charge in [0, 0.05) is 19.0 Å². The average molecular weight is 237 g/mol. The van der Waals surface area contributed by atoms with Crippen LogP contribution in [0.1, 0.15) is 29.4 Å². The van der Waals surface area contributed by atoms with Crippen molar-refractivity contribution in [3.8, 4) is 0 Å². The Balaban J connectivity index is 2.51. The number of amides is 1. The molecule has 92 valence electrons. The second-order valence-electron chi connectivity index (χ2n) is 3.37. The van der Waals surface area contributed by atoms with E-state index < -0.39 is 5.97 Å². The van der Waals surface area contributed by atoms with E-state index in [1.807, 2.05) is 6.08 Å². The van der Waals surface area contributed by atoms with Crippen molar-refractivity contribution in [1.29, 1.82) is 0 Å². The maximum atomic E-state index is 11.3. The van der Waals surface area contributed by atoms with Crippen LogP contribution < -0.4 is 5.32 Å². The molecule has 1 rings (SSSR count). The smallest absolute Gasteiger partial charge is 0.356 e. The van der Waals surface area contributed by atoms with E-state index in [4.69, 9.17) is 0 Å². The van der Waals surface area contributed by atoms with Crippen molar-refractivity contribution in [2.24, 2.45) is 0 Å². The summed E-state index contributed by atoms with van der Waals surface area (Å²) in [5.74, 6) is -0.513. The van der Waals surface area contributed by atoms with Gasteiger partial charge in [0.25, 0.3) is 0 Å². The van der Waals surface area contributed by atoms with Crippen LogP contribution in [0, 0.1) is 0 Å². The fraction of sp³-hybridized carbons (Fsp3) is 0.364. The monoisotopic (exact) mass is 237 g/mol. The van der Waals surface area contributed by atoms with E-state index in [0.29, 0.717) is 24.2 Å². The lowest BCUT2D eigenvalue weighted by atomic mass is 10.2. The lowest BCUT2D eigenvalue weighted by molar-refractivity contribution is -0.118. The number of nitrogens with zero attached hydrogens (tertiary/aromatic N) is 1. The van der Waals surface area contributed by atoms with Gasteiger partial charge in [-0.2, -0.15) is 5.10 Å². The Hall–Kier alpha value is -2.11. The summed E-state index contributed by atoms with van der Waals surface area (Å²) < 4.78 is 4.59. The van der Waals surface area contributed by atoms with Crippen LogP contribution in [-0.4, -0.2) is 35.7 Å². The molecule has 6 nitrogen and oxygen atoms in total. The number of nitrogens with one attached hydrogen (secondary N) is 2. The number of carbonyl (C=O) groups is 2. The van der Waals surface area contributed by atoms with Gasteiger partial charge >= 0.3 is 5.97 Å². The molecular formula is C11H15N3O3. The molecule has 0 aliphatic rings. The molecule has 0 aliphatic heterocycles. The molecule has 0 aliphatic carbocycles. The van der Waals surface area contributed by atoms with Crippen molar-refractivity contribution in [2.75, 3.05) is 13.7 Å². The molecule has 17 heavy (non-hydrogen) atoms. The number of methoxy groups -OCH3 is 1. The summed E-state index contributed by atoms with van der Waals surface area (Å²) in [5.41, 5.74) is 0.989. The van der Waals surface area contributed by atoms with E-state index in [2.05, 4.69) is 20.3 Å². The molecule has 0 unspecified atom stereocenters. The first-order chi connectivity index (χ1) is 8.15. The van der Waals surface area contributed by atoms with Crippen molar-refractivity contribution in [1.82, 2.24) is 15.5 Å². The highest BCUT2D eigenvalue weighted by molar-refractivity contribution is 5.91. The minimum absolute atomic E-state index is 0.0584. The minimum atomic E-state index is -0.455. The normalized spacial score (nSPS) is 10.5. The van der Waals surface area contributed by atoms with E-state index in [9.17, 15) is 9.59 Å². The second kappa shape index (κ2) is 6.47. The number of aromatic amines is 1. The molecule has 0 atom stereocenters. The van der Waals surface area contributed by atoms with Gasteiger partial charge in [-0.3, -0.25) is 9.89 Å². The fourth-order valence-corrected chi connectivity index (χ4v) is 1.23. The summed E-state index contributed by atoms with van der Waals surface area (Å²) in [6.07, 6.45) is 5.84. The first-order valence-corrected chi connectivity index (χ1v) is 5.17. The lowest BCUT2D eigenvalue weighted by Crippen LogP contribution is -2.20. The Morgan fingerprint density at radius 2 is 2.35 bits per heavy atom. The topological polar surface area (TPSA) is 84.1 Å². The van der Waals surface area contributed by atoms with Crippen LogP contribution in [0.3, 0.4) is 0 Å². The highest BCUT2D eigenvalue weighted by Crippen LogP contribution is 2.08. The van der Waals surface area contributed by atoms with Crippen LogP contribution in [-0.2, 0) is 9.53 Å². The van der Waals surface area contributed by atoms with Gasteiger partial charge in [0.05, 0.1) is 13.3 Å². The van der Waals surface area contributed by atoms with Crippen LogP contribution in [0.15, 0.2) is 12.3 Å². The molecule has 0 fully saturated rings. The maximum Gasteiger partial charge on any atom is 0.356 e. The van der Waals surface area contributed by atoms with Crippen molar-refractivity contribution < 1.29 is 14.3 Å². The SMILES string of the molecule is COC(=O)c1[nH]ncc1C=CCCNC(C)=O. The molecule has 0 saturated heterocycles. The van der Waals surface area contributed by atoms with E-state index in [0.717, 1.165) is 0 Å². The van der Waals surface area contributed by atoms with Crippen molar-refractivity contribution in [2.45, 2.75) is 13.3 Å². The van der Waals surface area contributed by atoms with E-state index >= 15 is 0 Å². The molecular weight excluding hydrogens is 222 g/mol. The van der Waals surface area contributed by atoms with Crippen LogP contribution in [0.4, 0.5) is 0 Å². The number of hydrogen-bond donors (Lipinski definition) is 2. The van der Waals surface area contributed by atoms with Crippen molar-refractivity contribution in [3.05, 3.63) is 23.5 Å². The number of ether oxygens (including phenoxy) is 1. The summed E-state index contributed by atoms with van der Waals surface area (Å²) in [6, 6.07) is 0. The Morgan fingerprint density at radius 3 is 3.00 bits per heavy atom. The van der Waals surface area contributed by atoms with Gasteiger partial charge in [-0.15, -0.1) is 0 Å². The summed E-state index contributed by atoms with van der Waals surface area (Å²) in [5, 5.41) is 9.01. The van der Waals surface area contributed by atoms with Crippen LogP contribution in [0.25, 0.3) is 6.08 Å². The predicted octanol–water partition coefficient (Wildman–Crippen LogP) is 0.736. The third-order valence-corrected chi connectivity index (χ3v) is 2.04. The zero-order valence-corrected chi connectivity index (χ0v) is 9.82. The van der Waals surface area contributed by atoms with E-state index in [-0.39, 0.29) is 5.91 Å². The van der Waals surface area contributed by atoms with Crippen molar-refractivity contribution >= 4 is 18.0 Å². The minimum Gasteiger partial charge on any atom is -0.464 e. The zero-order chi connectivity index (χ0) is 12.7. The van der Waals surface area contributed by atoms with Crippen molar-refractivity contribution in [3.63, 3.8) is 0 Å². The Kier molecular flexibility index (Phi) is 4.93. The second-order valence-corrected chi connectivity index (χ2v) is 3.37. The average Bonchev–Trinajstić information content (AvgIpc) is 2.75. The first-order valence-electron chi connectivity index (χ1n) is 5.17. The van der Waals surface area contributed by atoms with Gasteiger partial charge in [-0.1, -0.05) is 12.2 Å². The number of carbonyl (C=O) groups excluding carboxylic acids is 2. The summed E-state index contributed by atoms with van der Waals surface area (Å²) in [6.45, 7) is 2.03. The number of aromatic nitrogens is 2. The number of rotatable bonds is 5. The zero-order valence-electron chi connectivity index (χ0n) is 9.82. The highest BCUT2D eigenvalue weighted by atomic mass is 16.5. The fourth-order valence-electron chi connectivity index (χ4n) is 1.23. The maximum absolute atomic E-state index is 11.3. The molecule has 0 spiro atoms. The Morgan fingerprint density at radius 1 is 1.59 bits per heavy atom. The number of H-pyrrole nitrogens is 1. The largest absolute Gasteiger partial charge is 0.464 e. The first kappa shape index (κ1) is 13.0. The van der Waals surface area contributed by atoms with E-state index in [1.54, 1.807) is 12.3 Å². The van der Waals surface area contributed by atoms with Gasteiger partial charge in [-0.25, -0.2) is 4.79 Å². The van der Waals surface area contributed by atoms with Gasteiger partial charge in [0.2, 0.25) is 5.91 Å². The summed E-state index contributed by atoms with van der Waals surface area (Å²) in [7, 11) is 1.31. The summed E-state index contributed by atoms with van der Waals surface area (Å²) >= 11 is 0. The molecule has 0 bridgehead atoms. The summed E-state index contributed by atoms with van der Waals surface area (Å²) in [4.78, 5) is 21.9. The van der Waals surface area contributed by atoms with Gasteiger partial charge in [0.15, 0.2) is 5.69 Å². The highest BCUT2D eigenvalue weighted by Gasteiger charge is 2.11. The predicted molar refractivity (Wildman–Crippen MR) is 62.3 cm³/mol. The standard InChI is InChI=1S/C11H15N3O3/c1-8(15)12-6-4-3-5-9-7-13-14-10(9)11(16)17-2/h3,5,7H,4,6H2,1-2H3,(H,12,15)(H,13,14). The Labute approximate surface area is 99.0 Å². The number of esters is 1. The molecule has 1 aromatic rings. The quantitative estimate of drug-likeness (QED) is 0.584. The van der Waals surface area contributed by atoms with Crippen LogP contribution in [0.5, 0.6) is 0 Å². The number of hydrogen-bond acceptors (Lipinski definition) is 4. The van der Waals surface area contributed by atoms with Gasteiger partial charge in [0.1, 0.15) is 0 Å².